The van der Waals surface area contributed by atoms with E-state index in [1.807, 2.05) is 46.6 Å². The third kappa shape index (κ3) is 0.906. The molecular formula is C8H8ClN2+. The summed E-state index contributed by atoms with van der Waals surface area (Å²) in [5.41, 5.74) is 1.12. The van der Waals surface area contributed by atoms with Gasteiger partial charge in [0.1, 0.15) is 5.52 Å². The summed E-state index contributed by atoms with van der Waals surface area (Å²) in [5, 5.41) is 0.715. The van der Waals surface area contributed by atoms with Gasteiger partial charge in [-0.05, 0) is 12.1 Å². The van der Waals surface area contributed by atoms with E-state index < -0.39 is 0 Å². The molecule has 0 N–H and O–H groups in total. The van der Waals surface area contributed by atoms with E-state index >= 15 is 0 Å². The maximum absolute atomic E-state index is 5.99. The highest BCUT2D eigenvalue weighted by atomic mass is 35.5. The lowest BCUT2D eigenvalue weighted by Crippen LogP contribution is -2.30. The molecule has 0 spiro atoms. The van der Waals surface area contributed by atoms with Crippen LogP contribution in [0.25, 0.3) is 5.52 Å². The molecular weight excluding hydrogens is 160 g/mol. The van der Waals surface area contributed by atoms with E-state index in [9.17, 15) is 0 Å². The van der Waals surface area contributed by atoms with Gasteiger partial charge in [-0.15, -0.1) is 0 Å². The first-order valence-corrected chi connectivity index (χ1v) is 3.78. The van der Waals surface area contributed by atoms with Crippen LogP contribution < -0.4 is 4.57 Å². The number of aryl methyl sites for hydroxylation is 1. The molecule has 0 aliphatic rings. The highest BCUT2D eigenvalue weighted by Crippen LogP contribution is 2.07. The summed E-state index contributed by atoms with van der Waals surface area (Å²) in [6.07, 6.45) is 3.88. The summed E-state index contributed by atoms with van der Waals surface area (Å²) >= 11 is 5.99. The fraction of sp³-hybridized carbons (Fsp3) is 0.125. The Morgan fingerprint density at radius 1 is 1.45 bits per heavy atom. The number of aromatic nitrogens is 2. The molecule has 0 amide bonds. The molecule has 3 heteroatoms. The Labute approximate surface area is 69.6 Å². The second-order valence-electron chi connectivity index (χ2n) is 2.50. The summed E-state index contributed by atoms with van der Waals surface area (Å²) in [5.74, 6) is 0. The molecule has 2 aromatic heterocycles. The molecule has 0 bridgehead atoms. The molecule has 0 unspecified atom stereocenters. The van der Waals surface area contributed by atoms with Crippen molar-refractivity contribution in [1.29, 1.82) is 0 Å². The van der Waals surface area contributed by atoms with Crippen molar-refractivity contribution in [3.63, 3.8) is 0 Å². The number of nitrogens with zero attached hydrogens (tertiary/aromatic N) is 2. The molecule has 56 valence electrons. The van der Waals surface area contributed by atoms with Crippen LogP contribution in [0.15, 0.2) is 30.6 Å². The Kier molecular flexibility index (Phi) is 1.36. The quantitative estimate of drug-likeness (QED) is 0.414. The zero-order chi connectivity index (χ0) is 7.84. The largest absolute Gasteiger partial charge is 0.359 e. The molecule has 0 radical (unpaired) electrons. The van der Waals surface area contributed by atoms with Crippen molar-refractivity contribution in [2.75, 3.05) is 0 Å². The standard InChI is InChI=1S/C8H8ClN2/c1-10-6-4-7-3-2-5-11(7)8(10)9/h2-6H,1H3/q+1. The first kappa shape index (κ1) is 6.68. The van der Waals surface area contributed by atoms with Crippen LogP contribution in [-0.2, 0) is 7.05 Å². The number of fused-ring (bicyclic) bond motifs is 1. The summed E-state index contributed by atoms with van der Waals surface area (Å²) in [7, 11) is 1.92. The van der Waals surface area contributed by atoms with Crippen molar-refractivity contribution in [3.05, 3.63) is 35.9 Å². The smallest absolute Gasteiger partial charge is 0.226 e. The maximum Gasteiger partial charge on any atom is 0.359 e. The van der Waals surface area contributed by atoms with Gasteiger partial charge in [-0.3, -0.25) is 0 Å². The van der Waals surface area contributed by atoms with Gasteiger partial charge in [0, 0.05) is 17.7 Å². The van der Waals surface area contributed by atoms with E-state index in [0.29, 0.717) is 5.28 Å². The normalized spacial score (nSPS) is 10.7. The minimum atomic E-state index is 0.715. The first-order chi connectivity index (χ1) is 5.29. The van der Waals surface area contributed by atoms with Crippen molar-refractivity contribution in [3.8, 4) is 0 Å². The Hall–Kier alpha value is -1.02. The average molecular weight is 168 g/mol. The van der Waals surface area contributed by atoms with Gasteiger partial charge < -0.3 is 0 Å². The summed E-state index contributed by atoms with van der Waals surface area (Å²) in [6.45, 7) is 0. The van der Waals surface area contributed by atoms with Crippen molar-refractivity contribution >= 4 is 17.1 Å². The highest BCUT2D eigenvalue weighted by molar-refractivity contribution is 6.27. The highest BCUT2D eigenvalue weighted by Gasteiger charge is 2.07. The Morgan fingerprint density at radius 3 is 3.09 bits per heavy atom. The molecule has 2 aromatic rings. The maximum atomic E-state index is 5.99. The Balaban J connectivity index is 2.93. The fourth-order valence-electron chi connectivity index (χ4n) is 1.12. The Bertz CT molecular complexity index is 392. The van der Waals surface area contributed by atoms with Crippen LogP contribution in [-0.4, -0.2) is 4.40 Å². The lowest BCUT2D eigenvalue weighted by molar-refractivity contribution is -0.672. The molecule has 0 aliphatic carbocycles. The summed E-state index contributed by atoms with van der Waals surface area (Å²) in [4.78, 5) is 0. The van der Waals surface area contributed by atoms with E-state index in [-0.39, 0.29) is 0 Å². The number of hydrogen-bond donors (Lipinski definition) is 0. The number of hydrogen-bond acceptors (Lipinski definition) is 0. The van der Waals surface area contributed by atoms with Crippen LogP contribution in [0.5, 0.6) is 0 Å². The van der Waals surface area contributed by atoms with E-state index in [2.05, 4.69) is 0 Å². The minimum absolute atomic E-state index is 0.715. The van der Waals surface area contributed by atoms with E-state index in [4.69, 9.17) is 11.6 Å². The number of halogens is 1. The minimum Gasteiger partial charge on any atom is -0.226 e. The molecule has 0 aliphatic heterocycles. The molecule has 0 fully saturated rings. The fourth-order valence-corrected chi connectivity index (χ4v) is 1.33. The first-order valence-electron chi connectivity index (χ1n) is 3.40. The van der Waals surface area contributed by atoms with E-state index in [1.54, 1.807) is 0 Å². The monoisotopic (exact) mass is 167 g/mol. The molecule has 2 nitrogen and oxygen atoms in total. The molecule has 2 rings (SSSR count). The van der Waals surface area contributed by atoms with Crippen LogP contribution in [0.3, 0.4) is 0 Å². The second-order valence-corrected chi connectivity index (χ2v) is 2.84. The van der Waals surface area contributed by atoms with Crippen LogP contribution >= 0.6 is 11.6 Å². The second kappa shape index (κ2) is 2.24. The molecule has 2 heterocycles. The Morgan fingerprint density at radius 2 is 2.27 bits per heavy atom. The van der Waals surface area contributed by atoms with Gasteiger partial charge in [0.05, 0.1) is 19.4 Å². The number of rotatable bonds is 0. The van der Waals surface area contributed by atoms with Gasteiger partial charge >= 0.3 is 5.28 Å². The van der Waals surface area contributed by atoms with Crippen LogP contribution in [0.2, 0.25) is 5.28 Å². The van der Waals surface area contributed by atoms with Crippen molar-refractivity contribution in [2.24, 2.45) is 7.05 Å². The zero-order valence-electron chi connectivity index (χ0n) is 6.16. The van der Waals surface area contributed by atoms with Crippen LogP contribution in [0, 0.1) is 0 Å². The van der Waals surface area contributed by atoms with Crippen molar-refractivity contribution in [1.82, 2.24) is 4.40 Å². The summed E-state index contributed by atoms with van der Waals surface area (Å²) in [6, 6.07) is 6.01. The molecule has 0 saturated heterocycles. The topological polar surface area (TPSA) is 8.29 Å². The van der Waals surface area contributed by atoms with Gasteiger partial charge in [-0.1, -0.05) is 0 Å². The van der Waals surface area contributed by atoms with E-state index in [1.165, 1.54) is 0 Å². The van der Waals surface area contributed by atoms with Gasteiger partial charge in [0.2, 0.25) is 0 Å². The summed E-state index contributed by atoms with van der Waals surface area (Å²) < 4.78 is 3.80. The van der Waals surface area contributed by atoms with Crippen LogP contribution in [0.1, 0.15) is 0 Å². The molecule has 0 saturated carbocycles. The van der Waals surface area contributed by atoms with E-state index in [0.717, 1.165) is 5.52 Å². The van der Waals surface area contributed by atoms with Gasteiger partial charge in [0.15, 0.2) is 0 Å². The molecule has 0 atom stereocenters. The predicted octanol–water partition coefficient (Wildman–Crippen LogP) is 1.42. The zero-order valence-corrected chi connectivity index (χ0v) is 6.92. The third-order valence-electron chi connectivity index (χ3n) is 1.74. The third-order valence-corrected chi connectivity index (χ3v) is 2.19. The lowest BCUT2D eigenvalue weighted by Gasteiger charge is -1.93. The van der Waals surface area contributed by atoms with Crippen molar-refractivity contribution in [2.45, 2.75) is 0 Å². The van der Waals surface area contributed by atoms with Gasteiger partial charge in [-0.2, -0.15) is 4.40 Å². The predicted molar refractivity (Wildman–Crippen MR) is 43.6 cm³/mol. The van der Waals surface area contributed by atoms with Crippen molar-refractivity contribution < 1.29 is 4.57 Å². The SMILES string of the molecule is C[n+]1ccc2cccn2c1Cl. The average Bonchev–Trinajstić information content (AvgIpc) is 2.45. The van der Waals surface area contributed by atoms with Gasteiger partial charge in [0.25, 0.3) is 0 Å². The van der Waals surface area contributed by atoms with Crippen LogP contribution in [0.4, 0.5) is 0 Å². The molecule has 0 aromatic carbocycles. The molecule has 11 heavy (non-hydrogen) atoms. The van der Waals surface area contributed by atoms with Gasteiger partial charge in [-0.25, -0.2) is 4.57 Å². The lowest BCUT2D eigenvalue weighted by atomic mass is 10.5.